The molecule has 0 saturated heterocycles. The molecule has 14 heavy (non-hydrogen) atoms. The lowest BCUT2D eigenvalue weighted by Gasteiger charge is -2.26. The van der Waals surface area contributed by atoms with Gasteiger partial charge in [-0.3, -0.25) is 0 Å². The molecule has 4 atom stereocenters. The Bertz CT molecular complexity index is 126. The molecule has 4 unspecified atom stereocenters. The minimum absolute atomic E-state index is 1.06. The molecule has 0 nitrogen and oxygen atoms in total. The summed E-state index contributed by atoms with van der Waals surface area (Å²) in [7, 11) is 0. The van der Waals surface area contributed by atoms with E-state index in [1.807, 2.05) is 27.7 Å². The Morgan fingerprint density at radius 1 is 0.929 bits per heavy atom. The molecule has 2 rings (SSSR count). The van der Waals surface area contributed by atoms with Crippen molar-refractivity contribution >= 4 is 0 Å². The third-order valence-electron chi connectivity index (χ3n) is 4.01. The van der Waals surface area contributed by atoms with Crippen LogP contribution in [0.3, 0.4) is 0 Å². The Labute approximate surface area is 91.5 Å². The summed E-state index contributed by atoms with van der Waals surface area (Å²) in [5.41, 5.74) is 0. The van der Waals surface area contributed by atoms with Crippen LogP contribution in [-0.2, 0) is 0 Å². The summed E-state index contributed by atoms with van der Waals surface area (Å²) >= 11 is 0. The first-order chi connectivity index (χ1) is 6.83. The predicted octanol–water partition coefficient (Wildman–Crippen LogP) is 5.13. The van der Waals surface area contributed by atoms with Crippen molar-refractivity contribution in [2.75, 3.05) is 0 Å². The maximum absolute atomic E-state index is 2.47. The summed E-state index contributed by atoms with van der Waals surface area (Å²) in [6, 6.07) is 0. The zero-order chi connectivity index (χ0) is 11.1. The van der Waals surface area contributed by atoms with Gasteiger partial charge in [-0.1, -0.05) is 48.0 Å². The van der Waals surface area contributed by atoms with Crippen LogP contribution in [0.25, 0.3) is 0 Å². The maximum atomic E-state index is 2.47. The lowest BCUT2D eigenvalue weighted by Crippen LogP contribution is -2.18. The summed E-state index contributed by atoms with van der Waals surface area (Å²) in [6.07, 6.45) is 6.10. The Kier molecular flexibility index (Phi) is 7.31. The summed E-state index contributed by atoms with van der Waals surface area (Å²) in [6.45, 7) is 12.8. The van der Waals surface area contributed by atoms with Gasteiger partial charge in [0.1, 0.15) is 0 Å². The first kappa shape index (κ1) is 14.0. The highest BCUT2D eigenvalue weighted by molar-refractivity contribution is 4.93. The van der Waals surface area contributed by atoms with Gasteiger partial charge < -0.3 is 0 Å². The number of hydrogen-bond acceptors (Lipinski definition) is 0. The molecule has 2 bridgehead atoms. The van der Waals surface area contributed by atoms with Crippen molar-refractivity contribution in [1.29, 1.82) is 0 Å². The van der Waals surface area contributed by atoms with Crippen LogP contribution in [0.5, 0.6) is 0 Å². The van der Waals surface area contributed by atoms with E-state index in [2.05, 4.69) is 13.8 Å². The van der Waals surface area contributed by atoms with Gasteiger partial charge in [0.2, 0.25) is 0 Å². The molecule has 2 aliphatic carbocycles. The van der Waals surface area contributed by atoms with Crippen molar-refractivity contribution in [3.8, 4) is 0 Å². The van der Waals surface area contributed by atoms with Crippen LogP contribution in [0, 0.1) is 23.7 Å². The molecule has 0 aromatic heterocycles. The van der Waals surface area contributed by atoms with Crippen LogP contribution in [0.15, 0.2) is 0 Å². The summed E-state index contributed by atoms with van der Waals surface area (Å²) in [4.78, 5) is 0. The van der Waals surface area contributed by atoms with E-state index in [0.717, 1.165) is 23.7 Å². The summed E-state index contributed by atoms with van der Waals surface area (Å²) < 4.78 is 0. The van der Waals surface area contributed by atoms with Gasteiger partial charge in [0.05, 0.1) is 0 Å². The molecule has 2 fully saturated rings. The second kappa shape index (κ2) is 7.31. The normalized spacial score (nSPS) is 38.1. The van der Waals surface area contributed by atoms with E-state index < -0.39 is 0 Å². The second-order valence-corrected chi connectivity index (χ2v) is 4.26. The third-order valence-corrected chi connectivity index (χ3v) is 4.01. The van der Waals surface area contributed by atoms with Gasteiger partial charge in [0.15, 0.2) is 0 Å². The lowest BCUT2D eigenvalue weighted by atomic mass is 9.79. The molecular formula is C14H30. The van der Waals surface area contributed by atoms with Crippen LogP contribution in [0.2, 0.25) is 0 Å². The van der Waals surface area contributed by atoms with Crippen LogP contribution in [0.4, 0.5) is 0 Å². The average molecular weight is 198 g/mol. The Balaban J connectivity index is 0.000000379. The van der Waals surface area contributed by atoms with E-state index in [1.165, 1.54) is 6.42 Å². The Morgan fingerprint density at radius 3 is 1.71 bits per heavy atom. The molecule has 0 aromatic carbocycles. The molecule has 0 amide bonds. The molecule has 0 aromatic rings. The largest absolute Gasteiger partial charge is 0.0683 e. The quantitative estimate of drug-likeness (QED) is 0.548. The SMILES string of the molecule is CC.CC.CCC1C2CCC(C2)C1C. The van der Waals surface area contributed by atoms with Crippen molar-refractivity contribution < 1.29 is 0 Å². The molecule has 0 aliphatic heterocycles. The monoisotopic (exact) mass is 198 g/mol. The molecule has 0 heterocycles. The third kappa shape index (κ3) is 2.74. The molecule has 0 heteroatoms. The van der Waals surface area contributed by atoms with E-state index in [0.29, 0.717) is 0 Å². The molecule has 0 radical (unpaired) electrons. The predicted molar refractivity (Wildman–Crippen MR) is 66.5 cm³/mol. The number of rotatable bonds is 1. The fraction of sp³-hybridized carbons (Fsp3) is 1.00. The van der Waals surface area contributed by atoms with Gasteiger partial charge in [-0.2, -0.15) is 0 Å². The average Bonchev–Trinajstić information content (AvgIpc) is 2.84. The summed E-state index contributed by atoms with van der Waals surface area (Å²) in [5.74, 6) is 4.41. The highest BCUT2D eigenvalue weighted by Gasteiger charge is 2.43. The van der Waals surface area contributed by atoms with Crippen LogP contribution < -0.4 is 0 Å². The van der Waals surface area contributed by atoms with Crippen LogP contribution in [0.1, 0.15) is 67.2 Å². The minimum atomic E-state index is 1.06. The van der Waals surface area contributed by atoms with Crippen molar-refractivity contribution in [1.82, 2.24) is 0 Å². The molecule has 0 N–H and O–H groups in total. The van der Waals surface area contributed by atoms with Crippen molar-refractivity contribution in [2.24, 2.45) is 23.7 Å². The number of fused-ring (bicyclic) bond motifs is 2. The molecular weight excluding hydrogens is 168 g/mol. The smallest absolute Gasteiger partial charge is 0.0360 e. The molecule has 2 aliphatic rings. The first-order valence-corrected chi connectivity index (χ1v) is 6.83. The standard InChI is InChI=1S/C10H18.2C2H6/c1-3-10-7(2)8-4-5-9(10)6-8;2*1-2/h7-10H,3-6H2,1-2H3;2*1-2H3. The van der Waals surface area contributed by atoms with E-state index in [-0.39, 0.29) is 0 Å². The Hall–Kier alpha value is 0. The van der Waals surface area contributed by atoms with Gasteiger partial charge in [0.25, 0.3) is 0 Å². The highest BCUT2D eigenvalue weighted by Crippen LogP contribution is 2.52. The van der Waals surface area contributed by atoms with E-state index in [1.54, 1.807) is 19.3 Å². The number of hydrogen-bond donors (Lipinski definition) is 0. The molecule has 0 spiro atoms. The topological polar surface area (TPSA) is 0 Å². The second-order valence-electron chi connectivity index (χ2n) is 4.26. The van der Waals surface area contributed by atoms with Gasteiger partial charge in [-0.25, -0.2) is 0 Å². The fourth-order valence-corrected chi connectivity index (χ4v) is 3.40. The van der Waals surface area contributed by atoms with Gasteiger partial charge in [-0.15, -0.1) is 0 Å². The zero-order valence-corrected chi connectivity index (χ0v) is 11.1. The van der Waals surface area contributed by atoms with Gasteiger partial charge >= 0.3 is 0 Å². The summed E-state index contributed by atoms with van der Waals surface area (Å²) in [5, 5.41) is 0. The molecule has 86 valence electrons. The fourth-order valence-electron chi connectivity index (χ4n) is 3.40. The van der Waals surface area contributed by atoms with Crippen molar-refractivity contribution in [2.45, 2.75) is 67.2 Å². The van der Waals surface area contributed by atoms with Gasteiger partial charge in [-0.05, 0) is 42.9 Å². The van der Waals surface area contributed by atoms with Crippen LogP contribution >= 0.6 is 0 Å². The van der Waals surface area contributed by atoms with Crippen LogP contribution in [-0.4, -0.2) is 0 Å². The van der Waals surface area contributed by atoms with Crippen molar-refractivity contribution in [3.05, 3.63) is 0 Å². The highest BCUT2D eigenvalue weighted by atomic mass is 14.5. The maximum Gasteiger partial charge on any atom is -0.0360 e. The Morgan fingerprint density at radius 2 is 1.43 bits per heavy atom. The van der Waals surface area contributed by atoms with Crippen molar-refractivity contribution in [3.63, 3.8) is 0 Å². The van der Waals surface area contributed by atoms with E-state index >= 15 is 0 Å². The van der Waals surface area contributed by atoms with E-state index in [4.69, 9.17) is 0 Å². The van der Waals surface area contributed by atoms with E-state index in [9.17, 15) is 0 Å². The van der Waals surface area contributed by atoms with Gasteiger partial charge in [0, 0.05) is 0 Å². The minimum Gasteiger partial charge on any atom is -0.0683 e. The first-order valence-electron chi connectivity index (χ1n) is 6.83. The lowest BCUT2D eigenvalue weighted by molar-refractivity contribution is 0.233. The molecule has 2 saturated carbocycles. The zero-order valence-electron chi connectivity index (χ0n) is 11.1.